The van der Waals surface area contributed by atoms with Crippen molar-refractivity contribution in [3.8, 4) is 0 Å². The Hall–Kier alpha value is -0.480. The number of thiocarbonyl (C=S) groups is 1. The Kier molecular flexibility index (Phi) is 5.82. The topological polar surface area (TPSA) is 42.3 Å². The summed E-state index contributed by atoms with van der Waals surface area (Å²) in [6, 6.07) is 0. The summed E-state index contributed by atoms with van der Waals surface area (Å²) in [5.41, 5.74) is 0.485. The third kappa shape index (κ3) is 5.71. The molecule has 1 unspecified atom stereocenters. The van der Waals surface area contributed by atoms with Gasteiger partial charge >= 0.3 is 0 Å². The molecule has 4 heteroatoms. The van der Waals surface area contributed by atoms with E-state index in [-0.39, 0.29) is 18.8 Å². The van der Waals surface area contributed by atoms with Crippen molar-refractivity contribution in [2.45, 2.75) is 33.8 Å². The highest BCUT2D eigenvalue weighted by molar-refractivity contribution is 7.80. The van der Waals surface area contributed by atoms with Gasteiger partial charge in [0, 0.05) is 11.6 Å². The van der Waals surface area contributed by atoms with Gasteiger partial charge in [-0.15, -0.1) is 0 Å². The Morgan fingerprint density at radius 3 is 2.31 bits per heavy atom. The maximum atomic E-state index is 7.26. The van der Waals surface area contributed by atoms with Gasteiger partial charge in [0.15, 0.2) is 11.8 Å². The molecule has 3 nitrogen and oxygen atoms in total. The van der Waals surface area contributed by atoms with Gasteiger partial charge in [0.05, 0.1) is 6.10 Å². The average Bonchev–Trinajstić information content (AvgIpc) is 2.03. The molecule has 0 aliphatic carbocycles. The summed E-state index contributed by atoms with van der Waals surface area (Å²) >= 11 is 4.94. The van der Waals surface area contributed by atoms with Crippen LogP contribution >= 0.6 is 12.2 Å². The van der Waals surface area contributed by atoms with Gasteiger partial charge in [0.1, 0.15) is 0 Å². The molecule has 0 saturated heterocycles. The zero-order valence-electron chi connectivity index (χ0n) is 8.59. The summed E-state index contributed by atoms with van der Waals surface area (Å²) in [4.78, 5) is 0. The standard InChI is InChI=1S/C9H17NO2S/c1-6(2)9(13)12-5-11-8(4)7(3)10/h6,8,10H,5H2,1-4H3. The fraction of sp³-hybridized carbons (Fsp3) is 0.778. The summed E-state index contributed by atoms with van der Waals surface area (Å²) < 4.78 is 10.3. The first-order chi connectivity index (χ1) is 5.95. The summed E-state index contributed by atoms with van der Waals surface area (Å²) in [5.74, 6) is 0.231. The fourth-order valence-electron chi connectivity index (χ4n) is 0.486. The van der Waals surface area contributed by atoms with E-state index in [0.29, 0.717) is 10.8 Å². The van der Waals surface area contributed by atoms with Gasteiger partial charge in [0.2, 0.25) is 0 Å². The normalized spacial score (nSPS) is 12.7. The second-order valence-corrected chi connectivity index (χ2v) is 3.63. The number of hydrogen-bond acceptors (Lipinski definition) is 4. The first-order valence-electron chi connectivity index (χ1n) is 4.28. The number of ether oxygens (including phenoxy) is 2. The maximum Gasteiger partial charge on any atom is 0.190 e. The molecule has 0 bridgehead atoms. The van der Waals surface area contributed by atoms with Crippen molar-refractivity contribution in [3.05, 3.63) is 0 Å². The fourth-order valence-corrected chi connectivity index (χ4v) is 0.534. The predicted molar refractivity (Wildman–Crippen MR) is 57.3 cm³/mol. The first kappa shape index (κ1) is 12.5. The molecule has 1 N–H and O–H groups in total. The maximum absolute atomic E-state index is 7.26. The molecule has 0 fully saturated rings. The van der Waals surface area contributed by atoms with E-state index in [1.165, 1.54) is 0 Å². The van der Waals surface area contributed by atoms with Gasteiger partial charge < -0.3 is 14.9 Å². The van der Waals surface area contributed by atoms with Crippen LogP contribution in [0.15, 0.2) is 0 Å². The quantitative estimate of drug-likeness (QED) is 0.424. The lowest BCUT2D eigenvalue weighted by atomic mass is 10.2. The Morgan fingerprint density at radius 2 is 1.92 bits per heavy atom. The molecule has 0 aliphatic heterocycles. The highest BCUT2D eigenvalue weighted by Crippen LogP contribution is 2.00. The van der Waals surface area contributed by atoms with E-state index in [1.807, 2.05) is 20.8 Å². The monoisotopic (exact) mass is 203 g/mol. The van der Waals surface area contributed by atoms with Crippen LogP contribution in [0.3, 0.4) is 0 Å². The van der Waals surface area contributed by atoms with Crippen LogP contribution in [0.2, 0.25) is 0 Å². The molecule has 0 heterocycles. The van der Waals surface area contributed by atoms with Crippen molar-refractivity contribution in [2.24, 2.45) is 5.92 Å². The molecule has 0 aromatic rings. The lowest BCUT2D eigenvalue weighted by molar-refractivity contribution is -0.00948. The van der Waals surface area contributed by atoms with E-state index in [0.717, 1.165) is 0 Å². The third-order valence-electron chi connectivity index (χ3n) is 1.60. The van der Waals surface area contributed by atoms with Crippen LogP contribution in [0.5, 0.6) is 0 Å². The van der Waals surface area contributed by atoms with Crippen LogP contribution in [0.1, 0.15) is 27.7 Å². The van der Waals surface area contributed by atoms with E-state index in [4.69, 9.17) is 27.1 Å². The highest BCUT2D eigenvalue weighted by Gasteiger charge is 2.06. The minimum Gasteiger partial charge on any atom is -0.461 e. The molecule has 1 atom stereocenters. The Balaban J connectivity index is 3.56. The Morgan fingerprint density at radius 1 is 1.38 bits per heavy atom. The van der Waals surface area contributed by atoms with Gasteiger partial charge in [-0.1, -0.05) is 13.8 Å². The highest BCUT2D eigenvalue weighted by atomic mass is 32.1. The molecule has 0 aromatic heterocycles. The van der Waals surface area contributed by atoms with Crippen LogP contribution < -0.4 is 0 Å². The van der Waals surface area contributed by atoms with E-state index in [1.54, 1.807) is 6.92 Å². The van der Waals surface area contributed by atoms with Gasteiger partial charge in [-0.3, -0.25) is 0 Å². The van der Waals surface area contributed by atoms with E-state index in [9.17, 15) is 0 Å². The number of nitrogens with one attached hydrogen (secondary N) is 1. The molecule has 76 valence electrons. The zero-order chi connectivity index (χ0) is 10.4. The molecule has 0 saturated carbocycles. The van der Waals surface area contributed by atoms with Crippen molar-refractivity contribution < 1.29 is 9.47 Å². The van der Waals surface area contributed by atoms with E-state index < -0.39 is 0 Å². The summed E-state index contributed by atoms with van der Waals surface area (Å²) in [7, 11) is 0. The SMILES string of the molecule is CC(=N)C(C)OCOC(=S)C(C)C. The van der Waals surface area contributed by atoms with Crippen molar-refractivity contribution in [1.82, 2.24) is 0 Å². The predicted octanol–water partition coefficient (Wildman–Crippen LogP) is 2.39. The largest absolute Gasteiger partial charge is 0.461 e. The Bertz CT molecular complexity index is 192. The molecule has 0 spiro atoms. The molecular formula is C9H17NO2S. The smallest absolute Gasteiger partial charge is 0.190 e. The average molecular weight is 203 g/mol. The summed E-state index contributed by atoms with van der Waals surface area (Å²) in [5, 5.41) is 7.81. The van der Waals surface area contributed by atoms with Gasteiger partial charge in [0.25, 0.3) is 0 Å². The summed E-state index contributed by atoms with van der Waals surface area (Å²) in [6.45, 7) is 7.57. The Labute approximate surface area is 84.9 Å². The third-order valence-corrected chi connectivity index (χ3v) is 2.19. The minimum atomic E-state index is -0.199. The van der Waals surface area contributed by atoms with Crippen LogP contribution in [0, 0.1) is 11.3 Å². The lowest BCUT2D eigenvalue weighted by Gasteiger charge is -2.14. The van der Waals surface area contributed by atoms with Gasteiger partial charge in [-0.2, -0.15) is 0 Å². The van der Waals surface area contributed by atoms with Crippen LogP contribution in [0.25, 0.3) is 0 Å². The zero-order valence-corrected chi connectivity index (χ0v) is 9.40. The van der Waals surface area contributed by atoms with Crippen molar-refractivity contribution in [1.29, 1.82) is 5.41 Å². The molecule has 13 heavy (non-hydrogen) atoms. The second-order valence-electron chi connectivity index (χ2n) is 3.23. The molecular weight excluding hydrogens is 186 g/mol. The molecule has 0 aliphatic rings. The van der Waals surface area contributed by atoms with Crippen LogP contribution in [-0.4, -0.2) is 23.7 Å². The number of hydrogen-bond donors (Lipinski definition) is 1. The van der Waals surface area contributed by atoms with E-state index >= 15 is 0 Å². The molecule has 0 aromatic carbocycles. The minimum absolute atomic E-state index is 0.133. The van der Waals surface area contributed by atoms with Crippen molar-refractivity contribution in [3.63, 3.8) is 0 Å². The summed E-state index contributed by atoms with van der Waals surface area (Å²) in [6.07, 6.45) is -0.199. The second kappa shape index (κ2) is 6.05. The van der Waals surface area contributed by atoms with E-state index in [2.05, 4.69) is 0 Å². The molecule has 0 rings (SSSR count). The first-order valence-corrected chi connectivity index (χ1v) is 4.69. The lowest BCUT2D eigenvalue weighted by Crippen LogP contribution is -2.20. The molecule has 0 amide bonds. The van der Waals surface area contributed by atoms with Crippen LogP contribution in [-0.2, 0) is 9.47 Å². The van der Waals surface area contributed by atoms with Crippen molar-refractivity contribution >= 4 is 23.0 Å². The van der Waals surface area contributed by atoms with Crippen LogP contribution in [0.4, 0.5) is 0 Å². The van der Waals surface area contributed by atoms with Gasteiger partial charge in [-0.05, 0) is 26.1 Å². The van der Waals surface area contributed by atoms with Crippen molar-refractivity contribution in [2.75, 3.05) is 6.79 Å². The number of rotatable bonds is 5. The molecule has 0 radical (unpaired) electrons. The van der Waals surface area contributed by atoms with Gasteiger partial charge in [-0.25, -0.2) is 0 Å².